The van der Waals surface area contributed by atoms with Gasteiger partial charge in [-0.25, -0.2) is 0 Å². The van der Waals surface area contributed by atoms with Crippen molar-refractivity contribution in [3.8, 4) is 5.75 Å². The van der Waals surface area contributed by atoms with Gasteiger partial charge in [-0.1, -0.05) is 115 Å². The molecule has 1 rings (SSSR count). The Kier molecular flexibility index (Phi) is 14.3. The molecular weight excluding hydrogens is 318 g/mol. The summed E-state index contributed by atoms with van der Waals surface area (Å²) in [5, 5.41) is 9.31. The van der Waals surface area contributed by atoms with E-state index >= 15 is 0 Å². The summed E-state index contributed by atoms with van der Waals surface area (Å²) >= 11 is 0. The van der Waals surface area contributed by atoms with Crippen LogP contribution in [0.4, 0.5) is 0 Å². The average molecular weight is 362 g/mol. The zero-order valence-electron chi connectivity index (χ0n) is 17.2. The average Bonchev–Trinajstić information content (AvgIpc) is 2.65. The smallest absolute Gasteiger partial charge is 0.115 e. The van der Waals surface area contributed by atoms with E-state index in [0.29, 0.717) is 5.75 Å². The van der Waals surface area contributed by atoms with E-state index in [1.807, 2.05) is 12.1 Å². The van der Waals surface area contributed by atoms with Crippen LogP contribution in [0.2, 0.25) is 0 Å². The minimum absolute atomic E-state index is 0.109. The van der Waals surface area contributed by atoms with Crippen LogP contribution in [-0.4, -0.2) is 5.11 Å². The molecule has 1 unspecified atom stereocenters. The lowest BCUT2D eigenvalue weighted by Gasteiger charge is -2.11. The summed E-state index contributed by atoms with van der Waals surface area (Å²) in [7, 11) is 0. The lowest BCUT2D eigenvalue weighted by molar-refractivity contribution is 0.474. The Labute approximate surface area is 162 Å². The number of aromatic hydroxyl groups is 1. The highest BCUT2D eigenvalue weighted by Gasteiger charge is 2.05. The van der Waals surface area contributed by atoms with Gasteiger partial charge in [0.15, 0.2) is 0 Å². The fourth-order valence-electron chi connectivity index (χ4n) is 3.62. The molecule has 1 aromatic rings. The van der Waals surface area contributed by atoms with Crippen molar-refractivity contribution < 1.29 is 5.11 Å². The zero-order chi connectivity index (χ0) is 18.9. The summed E-state index contributed by atoms with van der Waals surface area (Å²) in [4.78, 5) is 0. The van der Waals surface area contributed by atoms with Crippen LogP contribution in [0.3, 0.4) is 0 Å². The summed E-state index contributed by atoms with van der Waals surface area (Å²) in [5.41, 5.74) is 7.35. The highest BCUT2D eigenvalue weighted by Crippen LogP contribution is 2.20. The van der Waals surface area contributed by atoms with Gasteiger partial charge in [-0.05, 0) is 24.1 Å². The fraction of sp³-hybridized carbons (Fsp3) is 0.750. The number of phenols is 1. The second-order valence-electron chi connectivity index (χ2n) is 7.94. The first-order valence-corrected chi connectivity index (χ1v) is 11.3. The molecule has 150 valence electrons. The molecule has 0 bridgehead atoms. The second-order valence-corrected chi connectivity index (χ2v) is 7.94. The molecule has 2 heteroatoms. The van der Waals surface area contributed by atoms with Gasteiger partial charge in [-0.15, -0.1) is 0 Å². The largest absolute Gasteiger partial charge is 0.508 e. The van der Waals surface area contributed by atoms with E-state index in [-0.39, 0.29) is 6.04 Å². The van der Waals surface area contributed by atoms with E-state index < -0.39 is 0 Å². The Morgan fingerprint density at radius 2 is 1.04 bits per heavy atom. The molecule has 0 aromatic heterocycles. The number of hydrogen-bond acceptors (Lipinski definition) is 2. The van der Waals surface area contributed by atoms with Gasteiger partial charge in [-0.2, -0.15) is 0 Å². The Balaban J connectivity index is 1.81. The summed E-state index contributed by atoms with van der Waals surface area (Å²) < 4.78 is 0. The highest BCUT2D eigenvalue weighted by molar-refractivity contribution is 5.27. The standard InChI is InChI=1S/C24H43NO/c1-2-3-4-5-6-7-8-9-10-11-12-13-14-15-16-17-24(25)22-18-20-23(26)21-19-22/h18-21,24,26H,2-17,25H2,1H3. The van der Waals surface area contributed by atoms with E-state index in [1.54, 1.807) is 12.1 Å². The van der Waals surface area contributed by atoms with Crippen molar-refractivity contribution in [1.82, 2.24) is 0 Å². The molecule has 0 spiro atoms. The van der Waals surface area contributed by atoms with Crippen LogP contribution >= 0.6 is 0 Å². The van der Waals surface area contributed by atoms with E-state index in [1.165, 1.54) is 96.3 Å². The van der Waals surface area contributed by atoms with Crippen LogP contribution in [0.25, 0.3) is 0 Å². The number of unbranched alkanes of at least 4 members (excludes halogenated alkanes) is 14. The molecule has 0 saturated heterocycles. The predicted molar refractivity (Wildman–Crippen MR) is 115 cm³/mol. The summed E-state index contributed by atoms with van der Waals surface area (Å²) in [5.74, 6) is 0.313. The molecule has 26 heavy (non-hydrogen) atoms. The van der Waals surface area contributed by atoms with Crippen molar-refractivity contribution in [2.45, 2.75) is 116 Å². The molecule has 0 aliphatic rings. The third-order valence-corrected chi connectivity index (χ3v) is 5.44. The van der Waals surface area contributed by atoms with Crippen molar-refractivity contribution in [3.63, 3.8) is 0 Å². The first-order chi connectivity index (χ1) is 12.7. The van der Waals surface area contributed by atoms with Crippen LogP contribution in [-0.2, 0) is 0 Å². The zero-order valence-corrected chi connectivity index (χ0v) is 17.2. The van der Waals surface area contributed by atoms with Gasteiger partial charge >= 0.3 is 0 Å². The minimum Gasteiger partial charge on any atom is -0.508 e. The van der Waals surface area contributed by atoms with Crippen LogP contribution in [0.1, 0.15) is 121 Å². The molecular formula is C24H43NO. The molecule has 0 aliphatic carbocycles. The quantitative estimate of drug-likeness (QED) is 0.280. The fourth-order valence-corrected chi connectivity index (χ4v) is 3.62. The lowest BCUT2D eigenvalue weighted by atomic mass is 10.00. The predicted octanol–water partition coefficient (Wildman–Crippen LogP) is 7.65. The monoisotopic (exact) mass is 361 g/mol. The first-order valence-electron chi connectivity index (χ1n) is 11.3. The Bertz CT molecular complexity index is 415. The summed E-state index contributed by atoms with van der Waals surface area (Å²) in [6.07, 6.45) is 22.0. The SMILES string of the molecule is CCCCCCCCCCCCCCCCCC(N)c1ccc(O)cc1. The van der Waals surface area contributed by atoms with E-state index in [2.05, 4.69) is 6.92 Å². The maximum absolute atomic E-state index is 9.31. The van der Waals surface area contributed by atoms with Crippen molar-refractivity contribution in [3.05, 3.63) is 29.8 Å². The molecule has 3 N–H and O–H groups in total. The number of hydrogen-bond donors (Lipinski definition) is 2. The lowest BCUT2D eigenvalue weighted by Crippen LogP contribution is -2.09. The summed E-state index contributed by atoms with van der Waals surface area (Å²) in [6.45, 7) is 2.28. The Morgan fingerprint density at radius 1 is 0.654 bits per heavy atom. The first kappa shape index (κ1) is 23.0. The Morgan fingerprint density at radius 3 is 1.46 bits per heavy atom. The number of rotatable bonds is 17. The van der Waals surface area contributed by atoms with E-state index in [9.17, 15) is 5.11 Å². The van der Waals surface area contributed by atoms with Crippen LogP contribution in [0.15, 0.2) is 24.3 Å². The van der Waals surface area contributed by atoms with E-state index in [0.717, 1.165) is 12.0 Å². The van der Waals surface area contributed by atoms with Gasteiger partial charge in [-0.3, -0.25) is 0 Å². The Hall–Kier alpha value is -1.02. The van der Waals surface area contributed by atoms with Gasteiger partial charge in [0, 0.05) is 6.04 Å². The second kappa shape index (κ2) is 16.2. The molecule has 1 aromatic carbocycles. The maximum Gasteiger partial charge on any atom is 0.115 e. The van der Waals surface area contributed by atoms with Gasteiger partial charge in [0.05, 0.1) is 0 Å². The normalized spacial score (nSPS) is 12.4. The van der Waals surface area contributed by atoms with Crippen molar-refractivity contribution >= 4 is 0 Å². The van der Waals surface area contributed by atoms with Crippen LogP contribution in [0.5, 0.6) is 5.75 Å². The van der Waals surface area contributed by atoms with Gasteiger partial charge in [0.1, 0.15) is 5.75 Å². The molecule has 1 atom stereocenters. The molecule has 0 aliphatic heterocycles. The molecule has 0 saturated carbocycles. The maximum atomic E-state index is 9.31. The van der Waals surface area contributed by atoms with Crippen LogP contribution < -0.4 is 5.73 Å². The number of nitrogens with two attached hydrogens (primary N) is 1. The van der Waals surface area contributed by atoms with E-state index in [4.69, 9.17) is 5.73 Å². The van der Waals surface area contributed by atoms with Crippen LogP contribution in [0, 0.1) is 0 Å². The molecule has 0 fully saturated rings. The summed E-state index contributed by atoms with van der Waals surface area (Å²) in [6, 6.07) is 7.43. The minimum atomic E-state index is 0.109. The molecule has 0 heterocycles. The third kappa shape index (κ3) is 12.4. The molecule has 0 amide bonds. The topological polar surface area (TPSA) is 46.2 Å². The van der Waals surface area contributed by atoms with Gasteiger partial charge in [0.2, 0.25) is 0 Å². The molecule has 2 nitrogen and oxygen atoms in total. The van der Waals surface area contributed by atoms with Gasteiger partial charge < -0.3 is 10.8 Å². The molecule has 0 radical (unpaired) electrons. The van der Waals surface area contributed by atoms with Crippen molar-refractivity contribution in [1.29, 1.82) is 0 Å². The van der Waals surface area contributed by atoms with Crippen molar-refractivity contribution in [2.24, 2.45) is 5.73 Å². The highest BCUT2D eigenvalue weighted by atomic mass is 16.3. The van der Waals surface area contributed by atoms with Gasteiger partial charge in [0.25, 0.3) is 0 Å². The van der Waals surface area contributed by atoms with Crippen molar-refractivity contribution in [2.75, 3.05) is 0 Å². The number of phenolic OH excluding ortho intramolecular Hbond substituents is 1. The third-order valence-electron chi connectivity index (χ3n) is 5.44. The number of benzene rings is 1.